The van der Waals surface area contributed by atoms with Crippen LogP contribution in [0.25, 0.3) is 6.08 Å². The highest BCUT2D eigenvalue weighted by Gasteiger charge is 2.35. The summed E-state index contributed by atoms with van der Waals surface area (Å²) in [6, 6.07) is 10.1. The number of benzene rings is 2. The van der Waals surface area contributed by atoms with E-state index in [4.69, 9.17) is 28.4 Å². The first-order chi connectivity index (χ1) is 19.7. The third-order valence-corrected chi connectivity index (χ3v) is 7.31. The smallest absolute Gasteiger partial charge is 0.338 e. The average Bonchev–Trinajstić information content (AvgIpc) is 3.25. The van der Waals surface area contributed by atoms with Gasteiger partial charge in [-0.05, 0) is 50.6 Å². The molecule has 0 radical (unpaired) electrons. The van der Waals surface area contributed by atoms with Crippen LogP contribution in [0, 0.1) is 0 Å². The molecule has 0 unspecified atom stereocenters. The van der Waals surface area contributed by atoms with Gasteiger partial charge >= 0.3 is 5.97 Å². The van der Waals surface area contributed by atoms with Gasteiger partial charge < -0.3 is 28.4 Å². The van der Waals surface area contributed by atoms with Gasteiger partial charge in [0.05, 0.1) is 49.8 Å². The van der Waals surface area contributed by atoms with Crippen LogP contribution in [-0.4, -0.2) is 58.3 Å². The van der Waals surface area contributed by atoms with E-state index in [2.05, 4.69) is 4.99 Å². The third kappa shape index (κ3) is 6.15. The number of aromatic nitrogens is 1. The lowest BCUT2D eigenvalue weighted by molar-refractivity contribution is -0.140. The lowest BCUT2D eigenvalue weighted by atomic mass is 9.95. The first-order valence-electron chi connectivity index (χ1n) is 13.0. The van der Waals surface area contributed by atoms with E-state index in [-0.39, 0.29) is 30.5 Å². The van der Waals surface area contributed by atoms with E-state index in [1.807, 2.05) is 38.1 Å². The summed E-state index contributed by atoms with van der Waals surface area (Å²) in [7, 11) is 6.11. The second kappa shape index (κ2) is 13.0. The number of hydrogen-bond acceptors (Lipinski definition) is 10. The molecule has 218 valence electrons. The Morgan fingerprint density at radius 1 is 1.02 bits per heavy atom. The van der Waals surface area contributed by atoms with Gasteiger partial charge in [-0.2, -0.15) is 0 Å². The summed E-state index contributed by atoms with van der Waals surface area (Å²) in [6.45, 7) is 5.88. The Labute approximate surface area is 242 Å². The predicted octanol–water partition coefficient (Wildman–Crippen LogP) is 3.24. The molecule has 0 saturated heterocycles. The van der Waals surface area contributed by atoms with E-state index in [1.54, 1.807) is 25.1 Å². The molecular weight excluding hydrogens is 548 g/mol. The highest BCUT2D eigenvalue weighted by molar-refractivity contribution is 7.07. The standard InChI is InChI=1S/C30H34N2O8S/c1-17(2)40-21-11-9-8-10-20(21)26-25(29(34)39-13-12-35-4)18(3)31-30-32(26)28(33)24(41-30)16-19-14-22(36-5)27(38-7)23(15-19)37-6/h8-11,14-17,26H,12-13H2,1-7H3/b24-16+/t26-/m0/s1. The highest BCUT2D eigenvalue weighted by atomic mass is 32.1. The van der Waals surface area contributed by atoms with Crippen molar-refractivity contribution in [3.63, 3.8) is 0 Å². The van der Waals surface area contributed by atoms with Crippen LogP contribution in [0.4, 0.5) is 0 Å². The van der Waals surface area contributed by atoms with E-state index >= 15 is 0 Å². The van der Waals surface area contributed by atoms with Crippen LogP contribution in [0.3, 0.4) is 0 Å². The fourth-order valence-electron chi connectivity index (χ4n) is 4.58. The molecule has 2 heterocycles. The van der Waals surface area contributed by atoms with E-state index in [9.17, 15) is 9.59 Å². The van der Waals surface area contributed by atoms with Crippen molar-refractivity contribution in [2.45, 2.75) is 32.9 Å². The van der Waals surface area contributed by atoms with E-state index in [0.717, 1.165) is 0 Å². The molecule has 0 N–H and O–H groups in total. The Balaban J connectivity index is 1.94. The summed E-state index contributed by atoms with van der Waals surface area (Å²) in [4.78, 5) is 32.6. The van der Waals surface area contributed by atoms with Crippen LogP contribution in [0.2, 0.25) is 0 Å². The van der Waals surface area contributed by atoms with Crippen LogP contribution < -0.4 is 33.8 Å². The lowest BCUT2D eigenvalue weighted by Crippen LogP contribution is -2.40. The van der Waals surface area contributed by atoms with Crippen molar-refractivity contribution in [3.05, 3.63) is 78.5 Å². The predicted molar refractivity (Wildman–Crippen MR) is 155 cm³/mol. The maximum atomic E-state index is 14.1. The summed E-state index contributed by atoms with van der Waals surface area (Å²) >= 11 is 1.22. The lowest BCUT2D eigenvalue weighted by Gasteiger charge is -2.27. The minimum atomic E-state index is -0.821. The van der Waals surface area contributed by atoms with Crippen molar-refractivity contribution in [1.29, 1.82) is 0 Å². The van der Waals surface area contributed by atoms with Crippen molar-refractivity contribution < 1.29 is 33.2 Å². The van der Waals surface area contributed by atoms with Gasteiger partial charge in [-0.3, -0.25) is 9.36 Å². The molecule has 0 aliphatic carbocycles. The molecule has 11 heteroatoms. The van der Waals surface area contributed by atoms with Gasteiger partial charge in [0.2, 0.25) is 5.75 Å². The zero-order valence-electron chi connectivity index (χ0n) is 24.2. The molecule has 3 aromatic rings. The fraction of sp³-hybridized carbons (Fsp3) is 0.367. The van der Waals surface area contributed by atoms with Gasteiger partial charge in [0.1, 0.15) is 18.4 Å². The molecule has 2 aromatic carbocycles. The topological polar surface area (TPSA) is 107 Å². The molecule has 41 heavy (non-hydrogen) atoms. The molecular formula is C30H34N2O8S. The molecule has 4 rings (SSSR count). The van der Waals surface area contributed by atoms with Gasteiger partial charge in [0, 0.05) is 12.7 Å². The SMILES string of the molecule is COCCOC(=O)C1=C(C)N=c2s/c(=C/c3cc(OC)c(OC)c(OC)c3)c(=O)n2[C@H]1c1ccccc1OC(C)C. The number of fused-ring (bicyclic) bond motifs is 1. The number of ether oxygens (including phenoxy) is 6. The quantitative estimate of drug-likeness (QED) is 0.251. The Kier molecular flexibility index (Phi) is 9.51. The normalized spacial score (nSPS) is 14.9. The highest BCUT2D eigenvalue weighted by Crippen LogP contribution is 2.39. The zero-order chi connectivity index (χ0) is 29.7. The van der Waals surface area contributed by atoms with E-state index in [0.29, 0.717) is 49.2 Å². The molecule has 1 aliphatic rings. The van der Waals surface area contributed by atoms with E-state index < -0.39 is 12.0 Å². The number of allylic oxidation sites excluding steroid dienone is 1. The number of hydrogen-bond donors (Lipinski definition) is 0. The molecule has 0 saturated carbocycles. The zero-order valence-corrected chi connectivity index (χ0v) is 25.0. The van der Waals surface area contributed by atoms with Gasteiger partial charge in [0.25, 0.3) is 5.56 Å². The summed E-state index contributed by atoms with van der Waals surface area (Å²) in [5, 5.41) is 0. The Bertz CT molecular complexity index is 1610. The third-order valence-electron chi connectivity index (χ3n) is 6.32. The van der Waals surface area contributed by atoms with Crippen LogP contribution in [0.15, 0.2) is 57.5 Å². The molecule has 1 aliphatic heterocycles. The van der Waals surface area contributed by atoms with Crippen molar-refractivity contribution in [3.8, 4) is 23.0 Å². The maximum absolute atomic E-state index is 14.1. The number of esters is 1. The van der Waals surface area contributed by atoms with Crippen LogP contribution >= 0.6 is 11.3 Å². The molecule has 0 amide bonds. The van der Waals surface area contributed by atoms with Gasteiger partial charge in [-0.25, -0.2) is 9.79 Å². The van der Waals surface area contributed by atoms with Gasteiger partial charge in [-0.1, -0.05) is 29.5 Å². The molecule has 1 aromatic heterocycles. The Hall–Kier alpha value is -4.09. The van der Waals surface area contributed by atoms with Crippen molar-refractivity contribution >= 4 is 23.4 Å². The largest absolute Gasteiger partial charge is 0.493 e. The number of para-hydroxylation sites is 1. The van der Waals surface area contributed by atoms with Crippen LogP contribution in [-0.2, 0) is 14.3 Å². The number of carbonyl (C=O) groups is 1. The summed E-state index contributed by atoms with van der Waals surface area (Å²) in [5.41, 5.74) is 1.71. The van der Waals surface area contributed by atoms with E-state index in [1.165, 1.54) is 44.3 Å². The summed E-state index contributed by atoms with van der Waals surface area (Å²) < 4.78 is 35.0. The van der Waals surface area contributed by atoms with Crippen molar-refractivity contribution in [1.82, 2.24) is 4.57 Å². The summed E-state index contributed by atoms with van der Waals surface area (Å²) in [5.74, 6) is 1.35. The Morgan fingerprint density at radius 3 is 2.32 bits per heavy atom. The number of thiazole rings is 1. The van der Waals surface area contributed by atoms with Crippen molar-refractivity contribution in [2.24, 2.45) is 4.99 Å². The maximum Gasteiger partial charge on any atom is 0.338 e. The molecule has 0 fully saturated rings. The molecule has 0 bridgehead atoms. The van der Waals surface area contributed by atoms with Crippen LogP contribution in [0.1, 0.15) is 37.9 Å². The summed E-state index contributed by atoms with van der Waals surface area (Å²) in [6.07, 6.45) is 1.60. The first kappa shape index (κ1) is 29.9. The molecule has 10 nitrogen and oxygen atoms in total. The van der Waals surface area contributed by atoms with Crippen LogP contribution in [0.5, 0.6) is 23.0 Å². The van der Waals surface area contributed by atoms with Gasteiger partial charge in [0.15, 0.2) is 16.3 Å². The average molecular weight is 583 g/mol. The number of methoxy groups -OCH3 is 4. The van der Waals surface area contributed by atoms with Crippen molar-refractivity contribution in [2.75, 3.05) is 41.7 Å². The first-order valence-corrected chi connectivity index (χ1v) is 13.8. The minimum absolute atomic E-state index is 0.0640. The van der Waals surface area contributed by atoms with Gasteiger partial charge in [-0.15, -0.1) is 0 Å². The minimum Gasteiger partial charge on any atom is -0.493 e. The molecule has 0 spiro atoms. The number of rotatable bonds is 11. The Morgan fingerprint density at radius 2 is 1.71 bits per heavy atom. The fourth-order valence-corrected chi connectivity index (χ4v) is 5.62. The second-order valence-electron chi connectivity index (χ2n) is 9.37. The number of carbonyl (C=O) groups excluding carboxylic acids is 1. The monoisotopic (exact) mass is 582 g/mol. The second-order valence-corrected chi connectivity index (χ2v) is 10.4. The number of nitrogens with zero attached hydrogens (tertiary/aromatic N) is 2. The molecule has 1 atom stereocenters.